The van der Waals surface area contributed by atoms with Crippen molar-refractivity contribution >= 4 is 24.0 Å². The Labute approximate surface area is 185 Å². The van der Waals surface area contributed by atoms with Gasteiger partial charge in [0.1, 0.15) is 11.6 Å². The maximum Gasteiger partial charge on any atom is 0.124 e. The minimum Gasteiger partial charge on any atom is -0.345 e. The third kappa shape index (κ3) is 5.07. The van der Waals surface area contributed by atoms with Gasteiger partial charge in [0.05, 0.1) is 16.7 Å². The van der Waals surface area contributed by atoms with E-state index in [0.717, 1.165) is 40.2 Å². The van der Waals surface area contributed by atoms with Crippen molar-refractivity contribution in [2.75, 3.05) is 0 Å². The Morgan fingerprint density at radius 3 is 2.27 bits per heavy atom. The third-order valence-electron chi connectivity index (χ3n) is 4.73. The molecule has 0 aliphatic rings. The lowest BCUT2D eigenvalue weighted by Gasteiger charge is -2.06. The van der Waals surface area contributed by atoms with Crippen LogP contribution in [-0.4, -0.2) is 9.97 Å². The topological polar surface area (TPSA) is 52.5 Å². The van der Waals surface area contributed by atoms with Crippen LogP contribution < -0.4 is 0 Å². The van der Waals surface area contributed by atoms with Gasteiger partial charge >= 0.3 is 0 Å². The first-order valence-electron chi connectivity index (χ1n) is 9.17. The number of nitriles is 1. The molecule has 1 N–H and O–H groups in total. The summed E-state index contributed by atoms with van der Waals surface area (Å²) >= 11 is 6.15. The molecule has 4 rings (SSSR count). The van der Waals surface area contributed by atoms with Crippen LogP contribution in [0.15, 0.2) is 72.9 Å². The smallest absolute Gasteiger partial charge is 0.124 e. The van der Waals surface area contributed by atoms with E-state index < -0.39 is 0 Å². The molecule has 0 unspecified atom stereocenters. The van der Waals surface area contributed by atoms with Crippen molar-refractivity contribution in [1.29, 1.82) is 5.26 Å². The number of imidazole rings is 1. The zero-order chi connectivity index (χ0) is 20.2. The minimum absolute atomic E-state index is 0. The van der Waals surface area contributed by atoms with E-state index in [1.165, 1.54) is 12.1 Å². The summed E-state index contributed by atoms with van der Waals surface area (Å²) in [6.07, 6.45) is 3.27. The Morgan fingerprint density at radius 1 is 0.933 bits per heavy atom. The highest BCUT2D eigenvalue weighted by molar-refractivity contribution is 6.33. The van der Waals surface area contributed by atoms with Crippen LogP contribution in [0.5, 0.6) is 0 Å². The fraction of sp³-hybridized carbons (Fsp3) is 0.0833. The van der Waals surface area contributed by atoms with Crippen LogP contribution in [0.2, 0.25) is 5.02 Å². The van der Waals surface area contributed by atoms with Crippen LogP contribution in [0, 0.1) is 17.1 Å². The van der Waals surface area contributed by atoms with Gasteiger partial charge in [0.2, 0.25) is 0 Å². The molecule has 6 heteroatoms. The normalized spacial score (nSPS) is 10.3. The molecule has 0 bridgehead atoms. The van der Waals surface area contributed by atoms with E-state index in [1.54, 1.807) is 6.07 Å². The maximum absolute atomic E-state index is 13.2. The van der Waals surface area contributed by atoms with Crippen LogP contribution in [0.1, 0.15) is 28.2 Å². The molecule has 0 aliphatic carbocycles. The number of aromatic amines is 1. The molecule has 0 atom stereocenters. The Balaban J connectivity index is 0.00000256. The quantitative estimate of drug-likeness (QED) is 0.395. The first-order chi connectivity index (χ1) is 14.1. The monoisotopic (exact) mass is 437 g/mol. The molecule has 0 aliphatic heterocycles. The standard InChI is InChI=1S/C24H17ClFN3.ClH/c25-23-13-20(26)9-10-22(23)19-7-5-17(6-8-19)12-24-28-15-21(29-24)11-16-1-3-18(14-27)4-2-16;/h1-10,13,15H,11-12H2,(H,28,29);1H. The van der Waals surface area contributed by atoms with Crippen LogP contribution in [-0.2, 0) is 12.8 Å². The highest BCUT2D eigenvalue weighted by atomic mass is 35.5. The molecule has 3 aromatic carbocycles. The van der Waals surface area contributed by atoms with E-state index in [4.69, 9.17) is 16.9 Å². The number of benzene rings is 3. The van der Waals surface area contributed by atoms with E-state index in [9.17, 15) is 4.39 Å². The third-order valence-corrected chi connectivity index (χ3v) is 5.04. The van der Waals surface area contributed by atoms with Gasteiger partial charge in [0.25, 0.3) is 0 Å². The van der Waals surface area contributed by atoms with Crippen molar-refractivity contribution in [1.82, 2.24) is 9.97 Å². The molecular weight excluding hydrogens is 420 g/mol. The van der Waals surface area contributed by atoms with Crippen molar-refractivity contribution < 1.29 is 4.39 Å². The fourth-order valence-corrected chi connectivity index (χ4v) is 3.50. The van der Waals surface area contributed by atoms with Crippen LogP contribution in [0.25, 0.3) is 11.1 Å². The summed E-state index contributed by atoms with van der Waals surface area (Å²) in [5, 5.41) is 9.28. The Kier molecular flexibility index (Phi) is 6.89. The SMILES string of the molecule is Cl.N#Cc1ccc(Cc2cnc(Cc3ccc(-c4ccc(F)cc4Cl)cc3)[nH]2)cc1. The Morgan fingerprint density at radius 2 is 1.60 bits per heavy atom. The number of halogens is 3. The molecule has 0 fully saturated rings. The number of nitrogens with one attached hydrogen (secondary N) is 1. The van der Waals surface area contributed by atoms with Crippen LogP contribution in [0.4, 0.5) is 4.39 Å². The summed E-state index contributed by atoms with van der Waals surface area (Å²) in [6, 6.07) is 22.1. The number of nitrogens with zero attached hydrogens (tertiary/aromatic N) is 2. The van der Waals surface area contributed by atoms with Crippen molar-refractivity contribution in [3.8, 4) is 17.2 Å². The average Bonchev–Trinajstić information content (AvgIpc) is 3.16. The minimum atomic E-state index is -0.343. The molecule has 1 aromatic heterocycles. The summed E-state index contributed by atoms with van der Waals surface area (Å²) in [5.74, 6) is 0.547. The van der Waals surface area contributed by atoms with Gasteiger partial charge in [-0.15, -0.1) is 12.4 Å². The lowest BCUT2D eigenvalue weighted by Crippen LogP contribution is -1.93. The van der Waals surface area contributed by atoms with Gasteiger partial charge in [-0.05, 0) is 47.0 Å². The molecule has 0 spiro atoms. The second-order valence-electron chi connectivity index (χ2n) is 6.84. The van der Waals surface area contributed by atoms with Gasteiger partial charge in [0, 0.05) is 30.3 Å². The summed E-state index contributed by atoms with van der Waals surface area (Å²) in [5.41, 5.74) is 5.68. The first kappa shape index (κ1) is 21.6. The lowest BCUT2D eigenvalue weighted by molar-refractivity contribution is 0.628. The zero-order valence-electron chi connectivity index (χ0n) is 15.9. The predicted octanol–water partition coefficient (Wildman–Crippen LogP) is 6.34. The van der Waals surface area contributed by atoms with Crippen molar-refractivity contribution in [3.63, 3.8) is 0 Å². The van der Waals surface area contributed by atoms with Gasteiger partial charge in [-0.1, -0.05) is 48.0 Å². The van der Waals surface area contributed by atoms with Crippen molar-refractivity contribution in [3.05, 3.63) is 112 Å². The average molecular weight is 438 g/mol. The lowest BCUT2D eigenvalue weighted by atomic mass is 10.0. The van der Waals surface area contributed by atoms with Gasteiger partial charge in [0.15, 0.2) is 0 Å². The molecule has 30 heavy (non-hydrogen) atoms. The van der Waals surface area contributed by atoms with Gasteiger partial charge < -0.3 is 4.98 Å². The number of rotatable bonds is 5. The van der Waals surface area contributed by atoms with E-state index in [2.05, 4.69) is 16.0 Å². The molecule has 0 saturated heterocycles. The van der Waals surface area contributed by atoms with Gasteiger partial charge in [-0.25, -0.2) is 9.37 Å². The second kappa shape index (κ2) is 9.58. The summed E-state index contributed by atoms with van der Waals surface area (Å²) in [6.45, 7) is 0. The summed E-state index contributed by atoms with van der Waals surface area (Å²) < 4.78 is 13.2. The van der Waals surface area contributed by atoms with Crippen LogP contribution in [0.3, 0.4) is 0 Å². The van der Waals surface area contributed by atoms with E-state index in [-0.39, 0.29) is 18.2 Å². The molecule has 0 amide bonds. The number of hydrogen-bond acceptors (Lipinski definition) is 2. The van der Waals surface area contributed by atoms with Gasteiger partial charge in [-0.3, -0.25) is 0 Å². The van der Waals surface area contributed by atoms with Crippen molar-refractivity contribution in [2.45, 2.75) is 12.8 Å². The van der Waals surface area contributed by atoms with Crippen molar-refractivity contribution in [2.24, 2.45) is 0 Å². The predicted molar refractivity (Wildman–Crippen MR) is 119 cm³/mol. The van der Waals surface area contributed by atoms with E-state index >= 15 is 0 Å². The highest BCUT2D eigenvalue weighted by Gasteiger charge is 2.07. The maximum atomic E-state index is 13.2. The number of hydrogen-bond donors (Lipinski definition) is 1. The largest absolute Gasteiger partial charge is 0.345 e. The van der Waals surface area contributed by atoms with E-state index in [0.29, 0.717) is 17.0 Å². The molecule has 0 radical (unpaired) electrons. The second-order valence-corrected chi connectivity index (χ2v) is 7.25. The molecular formula is C24H18Cl2FN3. The molecule has 3 nitrogen and oxygen atoms in total. The molecule has 1 heterocycles. The Hall–Kier alpha value is -3.13. The first-order valence-corrected chi connectivity index (χ1v) is 9.54. The molecule has 150 valence electrons. The fourth-order valence-electron chi connectivity index (χ4n) is 3.22. The number of H-pyrrole nitrogens is 1. The van der Waals surface area contributed by atoms with Gasteiger partial charge in [-0.2, -0.15) is 5.26 Å². The highest BCUT2D eigenvalue weighted by Crippen LogP contribution is 2.28. The Bertz CT molecular complexity index is 1180. The zero-order valence-corrected chi connectivity index (χ0v) is 17.5. The number of aromatic nitrogens is 2. The van der Waals surface area contributed by atoms with Crippen LogP contribution >= 0.6 is 24.0 Å². The summed E-state index contributed by atoms with van der Waals surface area (Å²) in [7, 11) is 0. The molecule has 4 aromatic rings. The summed E-state index contributed by atoms with van der Waals surface area (Å²) in [4.78, 5) is 7.84. The van der Waals surface area contributed by atoms with E-state index in [1.807, 2.05) is 54.7 Å². The molecule has 0 saturated carbocycles.